The van der Waals surface area contributed by atoms with Gasteiger partial charge in [0.2, 0.25) is 0 Å². The van der Waals surface area contributed by atoms with Gasteiger partial charge in [0.15, 0.2) is 0 Å². The Morgan fingerprint density at radius 3 is 2.55 bits per heavy atom. The van der Waals surface area contributed by atoms with Crippen molar-refractivity contribution in [3.8, 4) is 5.75 Å². The summed E-state index contributed by atoms with van der Waals surface area (Å²) >= 11 is 6.00. The number of aryl methyl sites for hydroxylation is 1. The van der Waals surface area contributed by atoms with E-state index in [-0.39, 0.29) is 6.03 Å². The zero-order valence-corrected chi connectivity index (χ0v) is 13.1. The molecule has 0 radical (unpaired) electrons. The van der Waals surface area contributed by atoms with Crippen LogP contribution in [-0.2, 0) is 0 Å². The van der Waals surface area contributed by atoms with Crippen LogP contribution in [0.5, 0.6) is 5.75 Å². The summed E-state index contributed by atoms with van der Waals surface area (Å²) < 4.78 is 5.06. The molecule has 2 N–H and O–H groups in total. The Balaban J connectivity index is 1.90. The second-order valence-electron chi connectivity index (χ2n) is 4.69. The first-order chi connectivity index (χ1) is 10.6. The molecule has 2 rings (SSSR count). The lowest BCUT2D eigenvalue weighted by Gasteiger charge is -2.07. The summed E-state index contributed by atoms with van der Waals surface area (Å²) in [4.78, 5) is 11.8. The van der Waals surface area contributed by atoms with Gasteiger partial charge in [0.05, 0.1) is 12.1 Å². The van der Waals surface area contributed by atoms with Crippen molar-refractivity contribution in [2.75, 3.05) is 12.4 Å². The first-order valence-electron chi connectivity index (χ1n) is 6.73. The SMILES string of the molecule is COc1ccc(NC(=O)N/C=C/c2ccc(C)cc2)cc1Cl. The molecule has 0 aliphatic heterocycles. The fourth-order valence-corrected chi connectivity index (χ4v) is 2.06. The van der Waals surface area contributed by atoms with Crippen molar-refractivity contribution in [1.29, 1.82) is 0 Å². The Labute approximate surface area is 134 Å². The minimum Gasteiger partial charge on any atom is -0.495 e. The van der Waals surface area contributed by atoms with Gasteiger partial charge in [-0.3, -0.25) is 0 Å². The van der Waals surface area contributed by atoms with Crippen molar-refractivity contribution >= 4 is 29.4 Å². The Morgan fingerprint density at radius 1 is 1.18 bits per heavy atom. The smallest absolute Gasteiger partial charge is 0.323 e. The van der Waals surface area contributed by atoms with Crippen molar-refractivity contribution in [2.24, 2.45) is 0 Å². The fourth-order valence-electron chi connectivity index (χ4n) is 1.80. The van der Waals surface area contributed by atoms with E-state index in [2.05, 4.69) is 10.6 Å². The zero-order valence-electron chi connectivity index (χ0n) is 12.4. The highest BCUT2D eigenvalue weighted by molar-refractivity contribution is 6.32. The number of amides is 2. The van der Waals surface area contributed by atoms with Gasteiger partial charge in [-0.25, -0.2) is 4.79 Å². The summed E-state index contributed by atoms with van der Waals surface area (Å²) in [6.45, 7) is 2.03. The van der Waals surface area contributed by atoms with E-state index in [1.54, 1.807) is 24.4 Å². The summed E-state index contributed by atoms with van der Waals surface area (Å²) in [5.74, 6) is 0.562. The molecule has 0 fully saturated rings. The monoisotopic (exact) mass is 316 g/mol. The Morgan fingerprint density at radius 2 is 1.91 bits per heavy atom. The third-order valence-electron chi connectivity index (χ3n) is 2.98. The van der Waals surface area contributed by atoms with E-state index in [0.29, 0.717) is 16.5 Å². The van der Waals surface area contributed by atoms with Crippen LogP contribution in [0.3, 0.4) is 0 Å². The van der Waals surface area contributed by atoms with Gasteiger partial charge in [-0.1, -0.05) is 41.4 Å². The molecule has 5 heteroatoms. The number of benzene rings is 2. The second kappa shape index (κ2) is 7.52. The molecule has 0 spiro atoms. The molecule has 0 aromatic heterocycles. The molecule has 0 heterocycles. The number of hydrogen-bond donors (Lipinski definition) is 2. The van der Waals surface area contributed by atoms with Crippen LogP contribution < -0.4 is 15.4 Å². The van der Waals surface area contributed by atoms with Gasteiger partial charge >= 0.3 is 6.03 Å². The van der Waals surface area contributed by atoms with E-state index in [9.17, 15) is 4.79 Å². The molecule has 4 nitrogen and oxygen atoms in total. The lowest BCUT2D eigenvalue weighted by atomic mass is 10.1. The molecular weight excluding hydrogens is 300 g/mol. The molecule has 0 unspecified atom stereocenters. The minimum absolute atomic E-state index is 0.343. The number of hydrogen-bond acceptors (Lipinski definition) is 2. The molecule has 22 heavy (non-hydrogen) atoms. The number of carbonyl (C=O) groups excluding carboxylic acids is 1. The van der Waals surface area contributed by atoms with Crippen LogP contribution in [-0.4, -0.2) is 13.1 Å². The number of ether oxygens (including phenoxy) is 1. The third-order valence-corrected chi connectivity index (χ3v) is 3.27. The van der Waals surface area contributed by atoms with Gasteiger partial charge in [-0.2, -0.15) is 0 Å². The number of urea groups is 1. The Kier molecular flexibility index (Phi) is 5.44. The third kappa shape index (κ3) is 4.53. The largest absolute Gasteiger partial charge is 0.495 e. The van der Waals surface area contributed by atoms with Gasteiger partial charge in [0.25, 0.3) is 0 Å². The highest BCUT2D eigenvalue weighted by atomic mass is 35.5. The maximum atomic E-state index is 11.8. The predicted octanol–water partition coefficient (Wildman–Crippen LogP) is 4.45. The summed E-state index contributed by atoms with van der Waals surface area (Å²) in [6, 6.07) is 12.7. The van der Waals surface area contributed by atoms with Gasteiger partial charge in [-0.15, -0.1) is 0 Å². The lowest BCUT2D eigenvalue weighted by Crippen LogP contribution is -2.23. The quantitative estimate of drug-likeness (QED) is 0.875. The molecule has 0 saturated carbocycles. The van der Waals surface area contributed by atoms with E-state index < -0.39 is 0 Å². The zero-order chi connectivity index (χ0) is 15.9. The molecule has 0 atom stereocenters. The van der Waals surface area contributed by atoms with Gasteiger partial charge in [0.1, 0.15) is 5.75 Å². The van der Waals surface area contributed by atoms with Crippen LogP contribution in [0, 0.1) is 6.92 Å². The van der Waals surface area contributed by atoms with Crippen LogP contribution in [0.15, 0.2) is 48.7 Å². The van der Waals surface area contributed by atoms with Crippen molar-refractivity contribution in [2.45, 2.75) is 6.92 Å². The molecule has 0 aliphatic carbocycles. The average molecular weight is 317 g/mol. The number of nitrogens with one attached hydrogen (secondary N) is 2. The van der Waals surface area contributed by atoms with E-state index >= 15 is 0 Å². The molecule has 2 amide bonds. The first-order valence-corrected chi connectivity index (χ1v) is 7.10. The van der Waals surface area contributed by atoms with Gasteiger partial charge in [0, 0.05) is 11.9 Å². The summed E-state index contributed by atoms with van der Waals surface area (Å²) in [7, 11) is 1.54. The molecule has 0 aliphatic rings. The fraction of sp³-hybridized carbons (Fsp3) is 0.118. The van der Waals surface area contributed by atoms with Crippen LogP contribution in [0.2, 0.25) is 5.02 Å². The number of halogens is 1. The van der Waals surface area contributed by atoms with Crippen molar-refractivity contribution in [3.05, 3.63) is 64.8 Å². The Bertz CT molecular complexity index is 682. The van der Waals surface area contributed by atoms with Crippen molar-refractivity contribution in [3.63, 3.8) is 0 Å². The molecule has 0 bridgehead atoms. The molecule has 0 saturated heterocycles. The second-order valence-corrected chi connectivity index (χ2v) is 5.10. The topological polar surface area (TPSA) is 50.4 Å². The lowest BCUT2D eigenvalue weighted by molar-refractivity contribution is 0.255. The maximum absolute atomic E-state index is 11.8. The van der Waals surface area contributed by atoms with E-state index in [4.69, 9.17) is 16.3 Å². The van der Waals surface area contributed by atoms with Crippen LogP contribution in [0.25, 0.3) is 6.08 Å². The van der Waals surface area contributed by atoms with E-state index in [1.807, 2.05) is 37.3 Å². The number of rotatable bonds is 4. The maximum Gasteiger partial charge on any atom is 0.323 e. The summed E-state index contributed by atoms with van der Waals surface area (Å²) in [5.41, 5.74) is 2.80. The van der Waals surface area contributed by atoms with E-state index in [1.165, 1.54) is 12.7 Å². The average Bonchev–Trinajstić information content (AvgIpc) is 2.49. The van der Waals surface area contributed by atoms with Crippen LogP contribution >= 0.6 is 11.6 Å². The molecule has 2 aromatic rings. The number of carbonyl (C=O) groups is 1. The number of methoxy groups -OCH3 is 1. The first kappa shape index (κ1) is 15.9. The van der Waals surface area contributed by atoms with Crippen LogP contribution in [0.4, 0.5) is 10.5 Å². The molecule has 2 aromatic carbocycles. The van der Waals surface area contributed by atoms with Crippen molar-refractivity contribution < 1.29 is 9.53 Å². The van der Waals surface area contributed by atoms with Gasteiger partial charge in [-0.05, 0) is 36.8 Å². The van der Waals surface area contributed by atoms with Crippen LogP contribution in [0.1, 0.15) is 11.1 Å². The highest BCUT2D eigenvalue weighted by Crippen LogP contribution is 2.27. The van der Waals surface area contributed by atoms with Gasteiger partial charge < -0.3 is 15.4 Å². The number of anilines is 1. The van der Waals surface area contributed by atoms with Crippen molar-refractivity contribution in [1.82, 2.24) is 5.32 Å². The normalized spacial score (nSPS) is 10.5. The summed E-state index contributed by atoms with van der Waals surface area (Å²) in [6.07, 6.45) is 3.41. The minimum atomic E-state index is -0.343. The van der Waals surface area contributed by atoms with E-state index in [0.717, 1.165) is 5.56 Å². The summed E-state index contributed by atoms with van der Waals surface area (Å²) in [5, 5.41) is 5.77. The Hall–Kier alpha value is -2.46. The molecular formula is C17H17ClN2O2. The molecule has 114 valence electrons. The standard InChI is InChI=1S/C17H17ClN2O2/c1-12-3-5-13(6-4-12)9-10-19-17(21)20-14-7-8-16(22-2)15(18)11-14/h3-11H,1-2H3,(H2,19,20,21)/b10-9+. The highest BCUT2D eigenvalue weighted by Gasteiger charge is 2.04. The predicted molar refractivity (Wildman–Crippen MR) is 90.4 cm³/mol.